The van der Waals surface area contributed by atoms with Crippen LogP contribution in [0.5, 0.6) is 5.75 Å². The van der Waals surface area contributed by atoms with Gasteiger partial charge in [-0.2, -0.15) is 0 Å². The van der Waals surface area contributed by atoms with Crippen molar-refractivity contribution in [2.45, 2.75) is 32.2 Å². The third-order valence-electron chi connectivity index (χ3n) is 3.14. The molecule has 0 aromatic heterocycles. The van der Waals surface area contributed by atoms with Crippen molar-refractivity contribution in [3.05, 3.63) is 29.8 Å². The summed E-state index contributed by atoms with van der Waals surface area (Å²) in [6.07, 6.45) is 3.37. The predicted molar refractivity (Wildman–Crippen MR) is 76.9 cm³/mol. The molecule has 1 rings (SSSR count). The average molecular weight is 250 g/mol. The Hall–Kier alpha value is -1.06. The molecule has 0 radical (unpaired) electrons. The standard InChI is InChI=1S/C15H26N2O/c1-4-14(13-9-5-6-10-15(13)18)16-11-7-8-12-17(2)3/h5-6,9-10,14,16,18H,4,7-8,11-12H2,1-3H3. The average Bonchev–Trinajstić information content (AvgIpc) is 2.35. The largest absolute Gasteiger partial charge is 0.508 e. The Morgan fingerprint density at radius 3 is 2.56 bits per heavy atom. The van der Waals surface area contributed by atoms with Gasteiger partial charge in [-0.1, -0.05) is 25.1 Å². The highest BCUT2D eigenvalue weighted by atomic mass is 16.3. The van der Waals surface area contributed by atoms with E-state index < -0.39 is 0 Å². The van der Waals surface area contributed by atoms with E-state index >= 15 is 0 Å². The van der Waals surface area contributed by atoms with Gasteiger partial charge in [0.05, 0.1) is 0 Å². The van der Waals surface area contributed by atoms with E-state index in [-0.39, 0.29) is 6.04 Å². The van der Waals surface area contributed by atoms with Gasteiger partial charge in [-0.25, -0.2) is 0 Å². The molecule has 0 spiro atoms. The summed E-state index contributed by atoms with van der Waals surface area (Å²) in [6, 6.07) is 7.85. The van der Waals surface area contributed by atoms with E-state index in [1.807, 2.05) is 18.2 Å². The van der Waals surface area contributed by atoms with Crippen LogP contribution in [-0.4, -0.2) is 37.2 Å². The molecule has 0 heterocycles. The number of phenolic OH excluding ortho intramolecular Hbond substituents is 1. The second-order valence-electron chi connectivity index (χ2n) is 4.98. The number of hydrogen-bond acceptors (Lipinski definition) is 3. The first-order valence-corrected chi connectivity index (χ1v) is 6.81. The van der Waals surface area contributed by atoms with Gasteiger partial charge in [0.2, 0.25) is 0 Å². The summed E-state index contributed by atoms with van der Waals surface area (Å²) in [5.74, 6) is 0.394. The van der Waals surface area contributed by atoms with Gasteiger partial charge in [0.1, 0.15) is 5.75 Å². The second kappa shape index (κ2) is 8.11. The van der Waals surface area contributed by atoms with E-state index in [9.17, 15) is 5.11 Å². The molecule has 3 nitrogen and oxygen atoms in total. The van der Waals surface area contributed by atoms with Gasteiger partial charge in [0.25, 0.3) is 0 Å². The quantitative estimate of drug-likeness (QED) is 0.696. The lowest BCUT2D eigenvalue weighted by Crippen LogP contribution is -2.23. The SMILES string of the molecule is CCC(NCCCCN(C)C)c1ccccc1O. The molecule has 1 atom stereocenters. The third-order valence-corrected chi connectivity index (χ3v) is 3.14. The number of nitrogens with zero attached hydrogens (tertiary/aromatic N) is 1. The minimum Gasteiger partial charge on any atom is -0.508 e. The number of hydrogen-bond donors (Lipinski definition) is 2. The van der Waals surface area contributed by atoms with Gasteiger partial charge in [-0.05, 0) is 52.5 Å². The fraction of sp³-hybridized carbons (Fsp3) is 0.600. The molecule has 0 aliphatic rings. The number of nitrogens with one attached hydrogen (secondary N) is 1. The van der Waals surface area contributed by atoms with Crippen molar-refractivity contribution in [1.82, 2.24) is 10.2 Å². The first-order chi connectivity index (χ1) is 8.65. The molecule has 0 fully saturated rings. The molecule has 1 aromatic carbocycles. The summed E-state index contributed by atoms with van der Waals surface area (Å²) in [7, 11) is 4.20. The Labute approximate surface area is 111 Å². The summed E-state index contributed by atoms with van der Waals surface area (Å²) in [4.78, 5) is 2.21. The highest BCUT2D eigenvalue weighted by Crippen LogP contribution is 2.25. The normalized spacial score (nSPS) is 12.9. The molecule has 0 saturated heterocycles. The Bertz CT molecular complexity index is 339. The fourth-order valence-electron chi connectivity index (χ4n) is 2.09. The first-order valence-electron chi connectivity index (χ1n) is 6.81. The maximum atomic E-state index is 9.84. The zero-order valence-corrected chi connectivity index (χ0v) is 11.8. The molecular weight excluding hydrogens is 224 g/mol. The van der Waals surface area contributed by atoms with Gasteiger partial charge in [0, 0.05) is 11.6 Å². The van der Waals surface area contributed by atoms with E-state index in [1.54, 1.807) is 6.07 Å². The molecule has 102 valence electrons. The summed E-state index contributed by atoms with van der Waals surface area (Å²) in [6.45, 7) is 4.28. The minimum atomic E-state index is 0.255. The zero-order valence-electron chi connectivity index (χ0n) is 11.8. The molecule has 18 heavy (non-hydrogen) atoms. The molecular formula is C15H26N2O. The van der Waals surface area contributed by atoms with Crippen LogP contribution in [0.25, 0.3) is 0 Å². The molecule has 2 N–H and O–H groups in total. The monoisotopic (exact) mass is 250 g/mol. The number of aromatic hydroxyl groups is 1. The summed E-state index contributed by atoms with van der Waals surface area (Å²) >= 11 is 0. The molecule has 1 unspecified atom stereocenters. The number of para-hydroxylation sites is 1. The second-order valence-corrected chi connectivity index (χ2v) is 4.98. The highest BCUT2D eigenvalue weighted by molar-refractivity contribution is 5.34. The van der Waals surface area contributed by atoms with Crippen LogP contribution in [0, 0.1) is 0 Å². The Kier molecular flexibility index (Phi) is 6.76. The molecule has 1 aromatic rings. The van der Waals surface area contributed by atoms with Crippen molar-refractivity contribution in [2.75, 3.05) is 27.2 Å². The lowest BCUT2D eigenvalue weighted by molar-refractivity contribution is 0.385. The topological polar surface area (TPSA) is 35.5 Å². The van der Waals surface area contributed by atoms with Crippen LogP contribution in [0.2, 0.25) is 0 Å². The van der Waals surface area contributed by atoms with Crippen molar-refractivity contribution < 1.29 is 5.11 Å². The minimum absolute atomic E-state index is 0.255. The first kappa shape index (κ1) is 15.0. The number of rotatable bonds is 8. The van der Waals surface area contributed by atoms with E-state index in [0.29, 0.717) is 5.75 Å². The van der Waals surface area contributed by atoms with Gasteiger partial charge in [0.15, 0.2) is 0 Å². The predicted octanol–water partition coefficient (Wildman–Crippen LogP) is 2.77. The van der Waals surface area contributed by atoms with E-state index in [4.69, 9.17) is 0 Å². The van der Waals surface area contributed by atoms with E-state index in [2.05, 4.69) is 31.2 Å². The molecule has 0 aliphatic carbocycles. The number of phenols is 1. The maximum Gasteiger partial charge on any atom is 0.120 e. The molecule has 0 bridgehead atoms. The van der Waals surface area contributed by atoms with E-state index in [1.165, 1.54) is 12.8 Å². The van der Waals surface area contributed by atoms with Crippen molar-refractivity contribution in [3.63, 3.8) is 0 Å². The Morgan fingerprint density at radius 1 is 1.22 bits per heavy atom. The number of unbranched alkanes of at least 4 members (excludes halogenated alkanes) is 1. The molecule has 0 amide bonds. The van der Waals surface area contributed by atoms with Crippen LogP contribution < -0.4 is 5.32 Å². The van der Waals surface area contributed by atoms with Gasteiger partial charge in [-0.3, -0.25) is 0 Å². The van der Waals surface area contributed by atoms with Crippen molar-refractivity contribution in [1.29, 1.82) is 0 Å². The lowest BCUT2D eigenvalue weighted by Gasteiger charge is -2.18. The maximum absolute atomic E-state index is 9.84. The fourth-order valence-corrected chi connectivity index (χ4v) is 2.09. The van der Waals surface area contributed by atoms with Crippen LogP contribution in [-0.2, 0) is 0 Å². The highest BCUT2D eigenvalue weighted by Gasteiger charge is 2.11. The number of benzene rings is 1. The van der Waals surface area contributed by atoms with Crippen molar-refractivity contribution in [2.24, 2.45) is 0 Å². The van der Waals surface area contributed by atoms with Gasteiger partial charge < -0.3 is 15.3 Å². The van der Waals surface area contributed by atoms with Crippen molar-refractivity contribution in [3.8, 4) is 5.75 Å². The van der Waals surface area contributed by atoms with Crippen LogP contribution in [0.4, 0.5) is 0 Å². The van der Waals surface area contributed by atoms with Gasteiger partial charge >= 0.3 is 0 Å². The lowest BCUT2D eigenvalue weighted by atomic mass is 10.0. The van der Waals surface area contributed by atoms with E-state index in [0.717, 1.165) is 25.1 Å². The zero-order chi connectivity index (χ0) is 13.4. The molecule has 0 saturated carbocycles. The smallest absolute Gasteiger partial charge is 0.120 e. The summed E-state index contributed by atoms with van der Waals surface area (Å²) in [5.41, 5.74) is 1.01. The third kappa shape index (κ3) is 5.07. The summed E-state index contributed by atoms with van der Waals surface area (Å²) in [5, 5.41) is 13.4. The summed E-state index contributed by atoms with van der Waals surface area (Å²) < 4.78 is 0. The van der Waals surface area contributed by atoms with Gasteiger partial charge in [-0.15, -0.1) is 0 Å². The van der Waals surface area contributed by atoms with Crippen LogP contribution in [0.15, 0.2) is 24.3 Å². The van der Waals surface area contributed by atoms with Crippen molar-refractivity contribution >= 4 is 0 Å². The Morgan fingerprint density at radius 2 is 1.94 bits per heavy atom. The van der Waals surface area contributed by atoms with Crippen LogP contribution >= 0.6 is 0 Å². The Balaban J connectivity index is 2.36. The molecule has 3 heteroatoms. The van der Waals surface area contributed by atoms with Crippen LogP contribution in [0.1, 0.15) is 37.8 Å². The van der Waals surface area contributed by atoms with Crippen LogP contribution in [0.3, 0.4) is 0 Å². The molecule has 0 aliphatic heterocycles.